The normalized spacial score (nSPS) is 24.1. The van der Waals surface area contributed by atoms with Crippen molar-refractivity contribution in [3.05, 3.63) is 48.9 Å². The summed E-state index contributed by atoms with van der Waals surface area (Å²) in [6.07, 6.45) is 6.81. The molecule has 2 aromatic heterocycles. The first-order valence-corrected chi connectivity index (χ1v) is 7.83. The third-order valence-corrected chi connectivity index (χ3v) is 4.36. The van der Waals surface area contributed by atoms with Gasteiger partial charge in [-0.05, 0) is 18.2 Å². The number of quaternary nitrogens is 1. The van der Waals surface area contributed by atoms with Gasteiger partial charge in [-0.25, -0.2) is 14.3 Å². The largest absolute Gasteiger partial charge is 0.490 e. The lowest BCUT2D eigenvalue weighted by atomic mass is 10.0. The van der Waals surface area contributed by atoms with Crippen LogP contribution in [0, 0.1) is 0 Å². The Morgan fingerprint density at radius 1 is 1.17 bits per heavy atom. The van der Waals surface area contributed by atoms with E-state index in [2.05, 4.69) is 9.97 Å². The molecular weight excluding hydrogens is 292 g/mol. The van der Waals surface area contributed by atoms with Crippen LogP contribution in [0.5, 0.6) is 5.75 Å². The number of aromatic nitrogens is 2. The SMILES string of the molecule is NCC(=O)[N+]1(c2ccccn2)CCC(Oc2ccncc2)CC1. The number of piperidine rings is 1. The fourth-order valence-corrected chi connectivity index (χ4v) is 3.10. The summed E-state index contributed by atoms with van der Waals surface area (Å²) in [4.78, 5) is 20.9. The maximum atomic E-state index is 12.5. The van der Waals surface area contributed by atoms with Gasteiger partial charge in [0.1, 0.15) is 18.4 Å². The van der Waals surface area contributed by atoms with Gasteiger partial charge in [-0.3, -0.25) is 4.98 Å². The lowest BCUT2D eigenvalue weighted by Crippen LogP contribution is -2.62. The third-order valence-electron chi connectivity index (χ3n) is 4.36. The van der Waals surface area contributed by atoms with Crippen molar-refractivity contribution in [3.8, 4) is 5.75 Å². The molecular formula is C17H21N4O2+. The van der Waals surface area contributed by atoms with E-state index in [-0.39, 0.29) is 23.0 Å². The Morgan fingerprint density at radius 3 is 2.52 bits per heavy atom. The van der Waals surface area contributed by atoms with Crippen LogP contribution in [0.2, 0.25) is 0 Å². The minimum atomic E-state index is 0.00561. The van der Waals surface area contributed by atoms with E-state index in [1.165, 1.54) is 0 Å². The second kappa shape index (κ2) is 6.85. The Kier molecular flexibility index (Phi) is 4.64. The van der Waals surface area contributed by atoms with E-state index in [9.17, 15) is 4.79 Å². The summed E-state index contributed by atoms with van der Waals surface area (Å²) in [5, 5.41) is 0. The van der Waals surface area contributed by atoms with Crippen molar-refractivity contribution in [1.82, 2.24) is 14.5 Å². The number of pyridine rings is 2. The van der Waals surface area contributed by atoms with E-state index in [1.54, 1.807) is 18.6 Å². The van der Waals surface area contributed by atoms with Crippen LogP contribution in [0.25, 0.3) is 0 Å². The second-order valence-corrected chi connectivity index (χ2v) is 5.70. The molecule has 0 aromatic carbocycles. The van der Waals surface area contributed by atoms with Crippen molar-refractivity contribution in [2.45, 2.75) is 18.9 Å². The molecule has 0 aliphatic carbocycles. The van der Waals surface area contributed by atoms with Gasteiger partial charge in [-0.1, -0.05) is 6.07 Å². The molecule has 3 rings (SSSR count). The molecule has 23 heavy (non-hydrogen) atoms. The highest BCUT2D eigenvalue weighted by Crippen LogP contribution is 2.28. The zero-order valence-corrected chi connectivity index (χ0v) is 13.0. The molecule has 1 amide bonds. The van der Waals surface area contributed by atoms with E-state index >= 15 is 0 Å². The lowest BCUT2D eigenvalue weighted by molar-refractivity contribution is -0.130. The van der Waals surface area contributed by atoms with Crippen LogP contribution >= 0.6 is 0 Å². The van der Waals surface area contributed by atoms with Gasteiger partial charge in [0.2, 0.25) is 5.82 Å². The summed E-state index contributed by atoms with van der Waals surface area (Å²) in [5.74, 6) is 1.59. The quantitative estimate of drug-likeness (QED) is 0.866. The highest BCUT2D eigenvalue weighted by molar-refractivity contribution is 5.89. The second-order valence-electron chi connectivity index (χ2n) is 5.70. The smallest absolute Gasteiger partial charge is 0.333 e. The number of likely N-dealkylation sites (tertiary alicyclic amines) is 1. The molecule has 1 saturated heterocycles. The Balaban J connectivity index is 1.74. The molecule has 120 valence electrons. The summed E-state index contributed by atoms with van der Waals surface area (Å²) in [7, 11) is 0. The molecule has 0 bridgehead atoms. The van der Waals surface area contributed by atoms with E-state index < -0.39 is 0 Å². The van der Waals surface area contributed by atoms with Crippen molar-refractivity contribution < 1.29 is 9.53 Å². The molecule has 6 nitrogen and oxygen atoms in total. The number of carbonyl (C=O) groups excluding carboxylic acids is 1. The number of hydrogen-bond donors (Lipinski definition) is 1. The first-order chi connectivity index (χ1) is 11.2. The predicted molar refractivity (Wildman–Crippen MR) is 87.7 cm³/mol. The molecule has 1 fully saturated rings. The third kappa shape index (κ3) is 3.23. The van der Waals surface area contributed by atoms with E-state index in [1.807, 2.05) is 30.3 Å². The Bertz CT molecular complexity index is 640. The van der Waals surface area contributed by atoms with E-state index in [0.29, 0.717) is 13.1 Å². The molecule has 2 aromatic rings. The molecule has 0 saturated carbocycles. The lowest BCUT2D eigenvalue weighted by Gasteiger charge is -2.39. The van der Waals surface area contributed by atoms with Crippen molar-refractivity contribution in [1.29, 1.82) is 0 Å². The van der Waals surface area contributed by atoms with Crippen LogP contribution in [-0.4, -0.2) is 41.6 Å². The maximum Gasteiger partial charge on any atom is 0.333 e. The van der Waals surface area contributed by atoms with Crippen LogP contribution in [0.4, 0.5) is 5.82 Å². The fraction of sp³-hybridized carbons (Fsp3) is 0.353. The van der Waals surface area contributed by atoms with Crippen molar-refractivity contribution in [3.63, 3.8) is 0 Å². The standard InChI is InChI=1S/C17H21N4O2/c18-13-17(22)21(16-3-1-2-8-20-16)11-6-15(7-12-21)23-14-4-9-19-10-5-14/h1-5,8-10,15H,6-7,11-13,18H2/q+1. The molecule has 1 aliphatic rings. The average molecular weight is 313 g/mol. The van der Waals surface area contributed by atoms with Crippen LogP contribution in [0.15, 0.2) is 48.9 Å². The van der Waals surface area contributed by atoms with Gasteiger partial charge in [0.15, 0.2) is 0 Å². The van der Waals surface area contributed by atoms with Gasteiger partial charge in [-0.15, -0.1) is 0 Å². The van der Waals surface area contributed by atoms with Crippen LogP contribution in [0.1, 0.15) is 12.8 Å². The Morgan fingerprint density at radius 2 is 1.91 bits per heavy atom. The molecule has 0 radical (unpaired) electrons. The van der Waals surface area contributed by atoms with Crippen LogP contribution in [-0.2, 0) is 4.79 Å². The average Bonchev–Trinajstić information content (AvgIpc) is 2.63. The fourth-order valence-electron chi connectivity index (χ4n) is 3.10. The van der Waals surface area contributed by atoms with Gasteiger partial charge >= 0.3 is 5.91 Å². The monoisotopic (exact) mass is 313 g/mol. The molecule has 0 spiro atoms. The summed E-state index contributed by atoms with van der Waals surface area (Å²) in [5.41, 5.74) is 5.65. The summed E-state index contributed by atoms with van der Waals surface area (Å²) < 4.78 is 6.20. The molecule has 1 aliphatic heterocycles. The minimum absolute atomic E-state index is 0.00561. The van der Waals surface area contributed by atoms with Crippen molar-refractivity contribution in [2.75, 3.05) is 19.6 Å². The first kappa shape index (κ1) is 15.6. The zero-order valence-electron chi connectivity index (χ0n) is 13.0. The Hall–Kier alpha value is -2.31. The van der Waals surface area contributed by atoms with Crippen LogP contribution < -0.4 is 15.0 Å². The topological polar surface area (TPSA) is 78.1 Å². The summed E-state index contributed by atoms with van der Waals surface area (Å²) in [6.45, 7) is 1.33. The van der Waals surface area contributed by atoms with Gasteiger partial charge < -0.3 is 10.5 Å². The highest BCUT2D eigenvalue weighted by Gasteiger charge is 2.43. The Labute approximate surface area is 135 Å². The van der Waals surface area contributed by atoms with Crippen LogP contribution in [0.3, 0.4) is 0 Å². The highest BCUT2D eigenvalue weighted by atomic mass is 16.5. The van der Waals surface area contributed by atoms with Crippen molar-refractivity contribution >= 4 is 11.7 Å². The van der Waals surface area contributed by atoms with E-state index in [4.69, 9.17) is 10.5 Å². The maximum absolute atomic E-state index is 12.5. The number of nitrogens with two attached hydrogens (primary N) is 1. The van der Waals surface area contributed by atoms with Crippen molar-refractivity contribution in [2.24, 2.45) is 5.73 Å². The molecule has 0 unspecified atom stereocenters. The molecule has 3 heterocycles. The number of rotatable bonds is 4. The molecule has 6 heteroatoms. The van der Waals surface area contributed by atoms with Gasteiger partial charge in [0.05, 0.1) is 13.1 Å². The van der Waals surface area contributed by atoms with Gasteiger partial charge in [0, 0.05) is 37.5 Å². The number of nitrogens with zero attached hydrogens (tertiary/aromatic N) is 3. The molecule has 2 N–H and O–H groups in total. The summed E-state index contributed by atoms with van der Waals surface area (Å²) >= 11 is 0. The number of carbonyl (C=O) groups is 1. The molecule has 0 atom stereocenters. The van der Waals surface area contributed by atoms with E-state index in [0.717, 1.165) is 24.4 Å². The zero-order chi connectivity index (χ0) is 16.1. The number of ether oxygens (including phenoxy) is 1. The number of amides is 1. The first-order valence-electron chi connectivity index (χ1n) is 7.83. The van der Waals surface area contributed by atoms with Gasteiger partial charge in [-0.2, -0.15) is 0 Å². The summed E-state index contributed by atoms with van der Waals surface area (Å²) in [6, 6.07) is 9.36. The predicted octanol–water partition coefficient (Wildman–Crippen LogP) is 1.51. The van der Waals surface area contributed by atoms with Gasteiger partial charge in [0.25, 0.3) is 0 Å². The minimum Gasteiger partial charge on any atom is -0.490 e. The number of hydrogen-bond acceptors (Lipinski definition) is 5.